The quantitative estimate of drug-likeness (QED) is 0.538. The van der Waals surface area contributed by atoms with Crippen molar-refractivity contribution in [3.05, 3.63) is 86.2 Å². The minimum Gasteiger partial charge on any atom is -0.486 e. The Balaban J connectivity index is 1.97. The van der Waals surface area contributed by atoms with Crippen LogP contribution in [-0.2, 0) is 11.3 Å². The molecule has 3 aromatic rings. The number of esters is 1. The third kappa shape index (κ3) is 4.67. The summed E-state index contributed by atoms with van der Waals surface area (Å²) in [6.07, 6.45) is 0. The Labute approximate surface area is 170 Å². The zero-order valence-corrected chi connectivity index (χ0v) is 17.1. The van der Waals surface area contributed by atoms with Crippen LogP contribution in [0.2, 0.25) is 0 Å². The lowest BCUT2D eigenvalue weighted by Gasteiger charge is -2.13. The first-order chi connectivity index (χ1) is 13.5. The van der Waals surface area contributed by atoms with E-state index in [0.717, 1.165) is 20.3 Å². The van der Waals surface area contributed by atoms with Gasteiger partial charge in [0.15, 0.2) is 5.75 Å². The first-order valence-electron chi connectivity index (χ1n) is 8.73. The van der Waals surface area contributed by atoms with Crippen molar-refractivity contribution in [3.63, 3.8) is 0 Å². The largest absolute Gasteiger partial charge is 0.486 e. The van der Waals surface area contributed by atoms with Crippen LogP contribution in [0.15, 0.2) is 63.9 Å². The fourth-order valence-corrected chi connectivity index (χ4v) is 2.77. The molecule has 6 nitrogen and oxygen atoms in total. The van der Waals surface area contributed by atoms with Crippen molar-refractivity contribution in [1.82, 2.24) is 9.78 Å². The second-order valence-corrected chi connectivity index (χ2v) is 6.99. The lowest BCUT2D eigenvalue weighted by atomic mass is 10.2. The highest BCUT2D eigenvalue weighted by molar-refractivity contribution is 9.10. The van der Waals surface area contributed by atoms with E-state index < -0.39 is 11.5 Å². The van der Waals surface area contributed by atoms with Crippen LogP contribution in [0.25, 0.3) is 5.69 Å². The summed E-state index contributed by atoms with van der Waals surface area (Å²) < 4.78 is 12.9. The molecule has 0 aliphatic carbocycles. The van der Waals surface area contributed by atoms with Crippen LogP contribution < -0.4 is 10.3 Å². The predicted octanol–water partition coefficient (Wildman–Crippen LogP) is 4.06. The van der Waals surface area contributed by atoms with Crippen molar-refractivity contribution in [2.75, 3.05) is 6.61 Å². The number of nitrogens with zero attached hydrogens (tertiary/aromatic N) is 2. The van der Waals surface area contributed by atoms with Gasteiger partial charge in [0.1, 0.15) is 6.61 Å². The molecule has 0 amide bonds. The van der Waals surface area contributed by atoms with Gasteiger partial charge in [-0.3, -0.25) is 4.79 Å². The van der Waals surface area contributed by atoms with Crippen molar-refractivity contribution in [2.24, 2.45) is 0 Å². The summed E-state index contributed by atoms with van der Waals surface area (Å²) in [5, 5.41) is 4.21. The third-order valence-corrected chi connectivity index (χ3v) is 4.48. The molecule has 0 aliphatic rings. The molecule has 2 aromatic carbocycles. The Morgan fingerprint density at radius 3 is 2.43 bits per heavy atom. The predicted molar refractivity (Wildman–Crippen MR) is 109 cm³/mol. The van der Waals surface area contributed by atoms with Crippen molar-refractivity contribution in [2.45, 2.75) is 20.5 Å². The van der Waals surface area contributed by atoms with Gasteiger partial charge in [-0.2, -0.15) is 9.78 Å². The molecule has 28 heavy (non-hydrogen) atoms. The van der Waals surface area contributed by atoms with Crippen LogP contribution >= 0.6 is 15.9 Å². The molecule has 0 aliphatic heterocycles. The van der Waals surface area contributed by atoms with E-state index >= 15 is 0 Å². The Morgan fingerprint density at radius 2 is 1.79 bits per heavy atom. The van der Waals surface area contributed by atoms with Gasteiger partial charge >= 0.3 is 5.97 Å². The van der Waals surface area contributed by atoms with Gasteiger partial charge in [-0.15, -0.1) is 0 Å². The first-order valence-corrected chi connectivity index (χ1v) is 9.53. The number of aromatic nitrogens is 2. The normalized spacial score (nSPS) is 10.5. The van der Waals surface area contributed by atoms with Gasteiger partial charge in [0.05, 0.1) is 18.4 Å². The molecular formula is C21H19BrN2O4. The molecule has 0 spiro atoms. The Hall–Kier alpha value is -2.93. The topological polar surface area (TPSA) is 70.4 Å². The summed E-state index contributed by atoms with van der Waals surface area (Å²) in [6, 6.07) is 16.1. The molecule has 0 atom stereocenters. The zero-order chi connectivity index (χ0) is 20.1. The molecule has 0 bridgehead atoms. The number of halogens is 1. The molecule has 0 saturated heterocycles. The zero-order valence-electron chi connectivity index (χ0n) is 15.5. The van der Waals surface area contributed by atoms with Gasteiger partial charge in [0.2, 0.25) is 5.69 Å². The maximum absolute atomic E-state index is 12.6. The first kappa shape index (κ1) is 19.8. The van der Waals surface area contributed by atoms with E-state index in [9.17, 15) is 9.59 Å². The van der Waals surface area contributed by atoms with Gasteiger partial charge < -0.3 is 9.47 Å². The number of ether oxygens (including phenoxy) is 2. The summed E-state index contributed by atoms with van der Waals surface area (Å²) in [4.78, 5) is 25.0. The van der Waals surface area contributed by atoms with Crippen molar-refractivity contribution in [1.29, 1.82) is 0 Å². The maximum atomic E-state index is 12.6. The van der Waals surface area contributed by atoms with Crippen LogP contribution in [0.5, 0.6) is 5.75 Å². The number of benzene rings is 2. The van der Waals surface area contributed by atoms with E-state index in [1.165, 1.54) is 6.07 Å². The molecule has 0 fully saturated rings. The lowest BCUT2D eigenvalue weighted by molar-refractivity contribution is 0.0511. The van der Waals surface area contributed by atoms with Crippen molar-refractivity contribution in [3.8, 4) is 11.4 Å². The van der Waals surface area contributed by atoms with E-state index in [0.29, 0.717) is 5.69 Å². The SMILES string of the molecule is CCOC(=O)c1nn(-c2ccc(C)cc2)c(=O)cc1OCc1ccc(Br)cc1. The Kier molecular flexibility index (Phi) is 6.26. The highest BCUT2D eigenvalue weighted by atomic mass is 79.9. The lowest BCUT2D eigenvalue weighted by Crippen LogP contribution is -2.25. The Bertz CT molecular complexity index is 1030. The minimum atomic E-state index is -0.644. The van der Waals surface area contributed by atoms with Crippen LogP contribution in [0.1, 0.15) is 28.5 Å². The molecule has 144 valence electrons. The average Bonchev–Trinajstić information content (AvgIpc) is 2.68. The summed E-state index contributed by atoms with van der Waals surface area (Å²) in [5.41, 5.74) is 2.06. The van der Waals surface area contributed by atoms with Crippen LogP contribution in [0.4, 0.5) is 0 Å². The average molecular weight is 443 g/mol. The molecule has 0 unspecified atom stereocenters. The number of carbonyl (C=O) groups excluding carboxylic acids is 1. The van der Waals surface area contributed by atoms with Crippen molar-refractivity contribution >= 4 is 21.9 Å². The highest BCUT2D eigenvalue weighted by Gasteiger charge is 2.20. The minimum absolute atomic E-state index is 0.0425. The number of rotatable bonds is 6. The number of aryl methyl sites for hydroxylation is 1. The summed E-state index contributed by atoms with van der Waals surface area (Å²) in [5.74, 6) is -0.552. The molecule has 3 rings (SSSR count). The van der Waals surface area contributed by atoms with Gasteiger partial charge in [0.25, 0.3) is 5.56 Å². The molecule has 7 heteroatoms. The van der Waals surface area contributed by atoms with Gasteiger partial charge in [0, 0.05) is 4.47 Å². The smallest absolute Gasteiger partial charge is 0.362 e. The van der Waals surface area contributed by atoms with Crippen LogP contribution in [0, 0.1) is 6.92 Å². The molecule has 0 radical (unpaired) electrons. The van der Waals surface area contributed by atoms with E-state index in [1.54, 1.807) is 19.1 Å². The molecule has 0 saturated carbocycles. The van der Waals surface area contributed by atoms with E-state index in [2.05, 4.69) is 21.0 Å². The second-order valence-electron chi connectivity index (χ2n) is 6.08. The van der Waals surface area contributed by atoms with E-state index in [1.807, 2.05) is 43.3 Å². The van der Waals surface area contributed by atoms with Gasteiger partial charge in [-0.1, -0.05) is 45.8 Å². The molecular weight excluding hydrogens is 424 g/mol. The third-order valence-electron chi connectivity index (χ3n) is 3.95. The summed E-state index contributed by atoms with van der Waals surface area (Å²) in [6.45, 7) is 4.03. The molecule has 1 heterocycles. The van der Waals surface area contributed by atoms with E-state index in [4.69, 9.17) is 9.47 Å². The summed E-state index contributed by atoms with van der Waals surface area (Å²) in [7, 11) is 0. The van der Waals surface area contributed by atoms with Crippen LogP contribution in [-0.4, -0.2) is 22.4 Å². The van der Waals surface area contributed by atoms with Crippen molar-refractivity contribution < 1.29 is 14.3 Å². The van der Waals surface area contributed by atoms with Gasteiger partial charge in [-0.05, 0) is 43.7 Å². The second kappa shape index (κ2) is 8.84. The number of hydrogen-bond acceptors (Lipinski definition) is 5. The van der Waals surface area contributed by atoms with E-state index in [-0.39, 0.29) is 24.7 Å². The summed E-state index contributed by atoms with van der Waals surface area (Å²) >= 11 is 3.38. The Morgan fingerprint density at radius 1 is 1.11 bits per heavy atom. The number of hydrogen-bond donors (Lipinski definition) is 0. The monoisotopic (exact) mass is 442 g/mol. The fourth-order valence-electron chi connectivity index (χ4n) is 2.50. The van der Waals surface area contributed by atoms with Gasteiger partial charge in [-0.25, -0.2) is 4.79 Å². The van der Waals surface area contributed by atoms with Crippen LogP contribution in [0.3, 0.4) is 0 Å². The highest BCUT2D eigenvalue weighted by Crippen LogP contribution is 2.19. The maximum Gasteiger partial charge on any atom is 0.362 e. The number of carbonyl (C=O) groups is 1. The molecule has 1 aromatic heterocycles. The fraction of sp³-hybridized carbons (Fsp3) is 0.190. The standard InChI is InChI=1S/C21H19BrN2O4/c1-3-27-21(26)20-18(28-13-15-6-8-16(22)9-7-15)12-19(25)24(23-20)17-10-4-14(2)5-11-17/h4-12H,3,13H2,1-2H3. The molecule has 0 N–H and O–H groups in total.